The number of anilines is 1. The molecule has 0 saturated heterocycles. The van der Waals surface area contributed by atoms with E-state index in [1.165, 1.54) is 5.56 Å². The number of amides is 1. The maximum Gasteiger partial charge on any atom is 0.230 e. The van der Waals surface area contributed by atoms with Crippen LogP contribution in [0.2, 0.25) is 0 Å². The first-order valence-corrected chi connectivity index (χ1v) is 8.59. The molecule has 2 aromatic carbocycles. The summed E-state index contributed by atoms with van der Waals surface area (Å²) in [6.07, 6.45) is 0.325. The molecule has 0 aliphatic rings. The van der Waals surface area contributed by atoms with Crippen molar-refractivity contribution in [2.24, 2.45) is 12.0 Å². The fourth-order valence-electron chi connectivity index (χ4n) is 2.36. The van der Waals surface area contributed by atoms with Crippen molar-refractivity contribution in [3.8, 4) is 0 Å². The first-order chi connectivity index (χ1) is 11.6. The lowest BCUT2D eigenvalue weighted by Crippen LogP contribution is -2.19. The molecule has 0 aliphatic heterocycles. The molecular formula is C19H19N3OS. The third-order valence-corrected chi connectivity index (χ3v) is 4.61. The van der Waals surface area contributed by atoms with Gasteiger partial charge in [-0.1, -0.05) is 30.3 Å². The second-order valence-electron chi connectivity index (χ2n) is 5.61. The number of aromatic nitrogens is 1. The van der Waals surface area contributed by atoms with E-state index in [4.69, 9.17) is 0 Å². The smallest absolute Gasteiger partial charge is 0.230 e. The van der Waals surface area contributed by atoms with Crippen LogP contribution in [0.1, 0.15) is 11.3 Å². The molecule has 0 atom stereocenters. The lowest BCUT2D eigenvalue weighted by molar-refractivity contribution is -0.115. The summed E-state index contributed by atoms with van der Waals surface area (Å²) in [5.41, 5.74) is 3.86. The standard InChI is InChI=1S/C19H19N3OS/c1-14-7-6-10-16(11-14)21-19-22(2)17(13-24-19)12-18(23)20-15-8-4-3-5-9-15/h3-11,13H,12H2,1-2H3,(H,20,23). The largest absolute Gasteiger partial charge is 0.326 e. The van der Waals surface area contributed by atoms with E-state index in [1.807, 2.05) is 78.5 Å². The van der Waals surface area contributed by atoms with Gasteiger partial charge in [-0.3, -0.25) is 4.79 Å². The lowest BCUT2D eigenvalue weighted by Gasteiger charge is -2.05. The molecule has 24 heavy (non-hydrogen) atoms. The average molecular weight is 337 g/mol. The molecule has 0 aliphatic carbocycles. The predicted molar refractivity (Wildman–Crippen MR) is 98.5 cm³/mol. The van der Waals surface area contributed by atoms with Crippen molar-refractivity contribution < 1.29 is 4.79 Å². The van der Waals surface area contributed by atoms with E-state index in [0.717, 1.165) is 21.9 Å². The zero-order chi connectivity index (χ0) is 16.9. The van der Waals surface area contributed by atoms with Crippen LogP contribution in [0.3, 0.4) is 0 Å². The number of thiazole rings is 1. The van der Waals surface area contributed by atoms with Crippen molar-refractivity contribution in [1.82, 2.24) is 4.57 Å². The monoisotopic (exact) mass is 337 g/mol. The summed E-state index contributed by atoms with van der Waals surface area (Å²) in [6.45, 7) is 2.05. The van der Waals surface area contributed by atoms with Crippen LogP contribution < -0.4 is 10.1 Å². The van der Waals surface area contributed by atoms with Gasteiger partial charge in [-0.05, 0) is 36.8 Å². The Balaban J connectivity index is 1.76. The summed E-state index contributed by atoms with van der Waals surface area (Å²) in [5.74, 6) is -0.0308. The van der Waals surface area contributed by atoms with Gasteiger partial charge in [-0.15, -0.1) is 11.3 Å². The van der Waals surface area contributed by atoms with Gasteiger partial charge >= 0.3 is 0 Å². The van der Waals surface area contributed by atoms with Crippen molar-refractivity contribution in [3.05, 3.63) is 76.0 Å². The molecular weight excluding hydrogens is 318 g/mol. The Labute approximate surface area is 145 Å². The molecule has 0 unspecified atom stereocenters. The van der Waals surface area contributed by atoms with E-state index in [2.05, 4.69) is 10.3 Å². The van der Waals surface area contributed by atoms with Crippen LogP contribution in [0.4, 0.5) is 11.4 Å². The Bertz CT molecular complexity index is 910. The second-order valence-corrected chi connectivity index (χ2v) is 6.45. The van der Waals surface area contributed by atoms with Crippen molar-refractivity contribution in [1.29, 1.82) is 0 Å². The minimum atomic E-state index is -0.0308. The highest BCUT2D eigenvalue weighted by Crippen LogP contribution is 2.13. The van der Waals surface area contributed by atoms with Gasteiger partial charge in [0.1, 0.15) is 0 Å². The zero-order valence-corrected chi connectivity index (χ0v) is 14.5. The van der Waals surface area contributed by atoms with Crippen LogP contribution in [0.15, 0.2) is 65.0 Å². The molecule has 1 amide bonds. The first kappa shape index (κ1) is 16.2. The first-order valence-electron chi connectivity index (χ1n) is 7.71. The molecule has 4 nitrogen and oxygen atoms in total. The SMILES string of the molecule is Cc1cccc(N=c2scc(CC(=O)Nc3ccccc3)n2C)c1. The van der Waals surface area contributed by atoms with Gasteiger partial charge in [0.05, 0.1) is 12.1 Å². The average Bonchev–Trinajstić information content (AvgIpc) is 2.89. The minimum Gasteiger partial charge on any atom is -0.326 e. The fraction of sp³-hybridized carbons (Fsp3) is 0.158. The number of hydrogen-bond donors (Lipinski definition) is 1. The van der Waals surface area contributed by atoms with Gasteiger partial charge in [0, 0.05) is 23.8 Å². The number of para-hydroxylation sites is 1. The molecule has 0 bridgehead atoms. The normalized spacial score (nSPS) is 11.5. The van der Waals surface area contributed by atoms with Crippen LogP contribution in [-0.2, 0) is 18.3 Å². The molecule has 1 heterocycles. The molecule has 0 fully saturated rings. The Morgan fingerprint density at radius 1 is 1.17 bits per heavy atom. The van der Waals surface area contributed by atoms with Gasteiger partial charge < -0.3 is 9.88 Å². The van der Waals surface area contributed by atoms with Crippen molar-refractivity contribution in [2.45, 2.75) is 13.3 Å². The second kappa shape index (κ2) is 7.27. The quantitative estimate of drug-likeness (QED) is 0.773. The Morgan fingerprint density at radius 2 is 1.96 bits per heavy atom. The number of nitrogens with one attached hydrogen (secondary N) is 1. The molecule has 0 radical (unpaired) electrons. The van der Waals surface area contributed by atoms with E-state index >= 15 is 0 Å². The van der Waals surface area contributed by atoms with Crippen LogP contribution in [-0.4, -0.2) is 10.5 Å². The van der Waals surface area contributed by atoms with E-state index in [9.17, 15) is 4.79 Å². The molecule has 0 saturated carbocycles. The van der Waals surface area contributed by atoms with Gasteiger partial charge in [0.2, 0.25) is 5.91 Å². The summed E-state index contributed by atoms with van der Waals surface area (Å²) in [6, 6.07) is 17.6. The molecule has 3 rings (SSSR count). The van der Waals surface area contributed by atoms with Gasteiger partial charge in [-0.25, -0.2) is 4.99 Å². The molecule has 3 aromatic rings. The summed E-state index contributed by atoms with van der Waals surface area (Å²) in [7, 11) is 1.94. The van der Waals surface area contributed by atoms with Crippen LogP contribution in [0, 0.1) is 6.92 Å². The van der Waals surface area contributed by atoms with E-state index in [-0.39, 0.29) is 5.91 Å². The van der Waals surface area contributed by atoms with Crippen molar-refractivity contribution in [3.63, 3.8) is 0 Å². The number of carbonyl (C=O) groups excluding carboxylic acids is 1. The van der Waals surface area contributed by atoms with Crippen LogP contribution in [0.5, 0.6) is 0 Å². The Hall–Kier alpha value is -2.66. The third kappa shape index (κ3) is 4.00. The maximum absolute atomic E-state index is 12.2. The molecule has 0 spiro atoms. The molecule has 122 valence electrons. The molecule has 1 aromatic heterocycles. The third-order valence-electron chi connectivity index (χ3n) is 3.64. The number of aryl methyl sites for hydroxylation is 1. The molecule has 5 heteroatoms. The number of rotatable bonds is 4. The van der Waals surface area contributed by atoms with Crippen LogP contribution in [0.25, 0.3) is 0 Å². The topological polar surface area (TPSA) is 46.4 Å². The Kier molecular flexibility index (Phi) is 4.91. The Morgan fingerprint density at radius 3 is 2.71 bits per heavy atom. The highest BCUT2D eigenvalue weighted by atomic mass is 32.1. The number of nitrogens with zero attached hydrogens (tertiary/aromatic N) is 2. The fourth-order valence-corrected chi connectivity index (χ4v) is 3.28. The minimum absolute atomic E-state index is 0.0308. The zero-order valence-electron chi connectivity index (χ0n) is 13.7. The van der Waals surface area contributed by atoms with E-state index < -0.39 is 0 Å². The van der Waals surface area contributed by atoms with Crippen molar-refractivity contribution >= 4 is 28.6 Å². The van der Waals surface area contributed by atoms with Gasteiger partial charge in [0.25, 0.3) is 0 Å². The summed E-state index contributed by atoms with van der Waals surface area (Å²) in [4.78, 5) is 17.7. The van der Waals surface area contributed by atoms with Crippen molar-refractivity contribution in [2.75, 3.05) is 5.32 Å². The van der Waals surface area contributed by atoms with E-state index in [1.54, 1.807) is 11.3 Å². The molecule has 1 N–H and O–H groups in total. The van der Waals surface area contributed by atoms with E-state index in [0.29, 0.717) is 6.42 Å². The summed E-state index contributed by atoms with van der Waals surface area (Å²) < 4.78 is 1.97. The lowest BCUT2D eigenvalue weighted by atomic mass is 10.2. The number of benzene rings is 2. The summed E-state index contributed by atoms with van der Waals surface area (Å²) >= 11 is 1.54. The number of hydrogen-bond acceptors (Lipinski definition) is 3. The predicted octanol–water partition coefficient (Wildman–Crippen LogP) is 3.81. The van der Waals surface area contributed by atoms with Gasteiger partial charge in [0.15, 0.2) is 4.80 Å². The maximum atomic E-state index is 12.2. The summed E-state index contributed by atoms with van der Waals surface area (Å²) in [5, 5.41) is 4.89. The highest BCUT2D eigenvalue weighted by molar-refractivity contribution is 7.07. The van der Waals surface area contributed by atoms with Gasteiger partial charge in [-0.2, -0.15) is 0 Å². The van der Waals surface area contributed by atoms with Crippen LogP contribution >= 0.6 is 11.3 Å². The number of carbonyl (C=O) groups is 1. The highest BCUT2D eigenvalue weighted by Gasteiger charge is 2.08.